The Morgan fingerprint density at radius 3 is 2.48 bits per heavy atom. The lowest BCUT2D eigenvalue weighted by atomic mass is 9.81. The molecule has 2 rings (SSSR count). The van der Waals surface area contributed by atoms with Crippen LogP contribution >= 0.6 is 0 Å². The molecule has 0 aliphatic heterocycles. The highest BCUT2D eigenvalue weighted by Gasteiger charge is 2.41. The SMILES string of the molecule is CCOc1cc(C(=O)NC2(C(=O)O)CCCCC2)ccc1OC. The van der Waals surface area contributed by atoms with E-state index in [1.165, 1.54) is 7.11 Å². The lowest BCUT2D eigenvalue weighted by Crippen LogP contribution is -2.55. The summed E-state index contributed by atoms with van der Waals surface area (Å²) in [7, 11) is 1.53. The third-order valence-corrected chi connectivity index (χ3v) is 4.19. The van der Waals surface area contributed by atoms with Crippen molar-refractivity contribution in [2.75, 3.05) is 13.7 Å². The lowest BCUT2D eigenvalue weighted by molar-refractivity contribution is -0.145. The summed E-state index contributed by atoms with van der Waals surface area (Å²) in [5, 5.41) is 12.3. The first kappa shape index (κ1) is 17.1. The van der Waals surface area contributed by atoms with Crippen LogP contribution in [0.5, 0.6) is 11.5 Å². The summed E-state index contributed by atoms with van der Waals surface area (Å²) < 4.78 is 10.6. The van der Waals surface area contributed by atoms with Gasteiger partial charge in [-0.05, 0) is 38.0 Å². The van der Waals surface area contributed by atoms with Crippen molar-refractivity contribution in [2.24, 2.45) is 0 Å². The number of nitrogens with one attached hydrogen (secondary N) is 1. The first-order valence-corrected chi connectivity index (χ1v) is 7.89. The van der Waals surface area contributed by atoms with Crippen LogP contribution in [-0.4, -0.2) is 36.2 Å². The summed E-state index contributed by atoms with van der Waals surface area (Å²) in [6, 6.07) is 4.83. The van der Waals surface area contributed by atoms with E-state index in [1.54, 1.807) is 18.2 Å². The van der Waals surface area contributed by atoms with Crippen LogP contribution in [0.15, 0.2) is 18.2 Å². The molecule has 0 atom stereocenters. The van der Waals surface area contributed by atoms with Gasteiger partial charge in [-0.2, -0.15) is 0 Å². The lowest BCUT2D eigenvalue weighted by Gasteiger charge is -2.34. The standard InChI is InChI=1S/C17H23NO5/c1-3-23-14-11-12(7-8-13(14)22-2)15(19)18-17(16(20)21)9-5-4-6-10-17/h7-8,11H,3-6,9-10H2,1-2H3,(H,18,19)(H,20,21). The van der Waals surface area contributed by atoms with E-state index in [1.807, 2.05) is 6.92 Å². The van der Waals surface area contributed by atoms with Gasteiger partial charge in [0.25, 0.3) is 5.91 Å². The number of carbonyl (C=O) groups excluding carboxylic acids is 1. The monoisotopic (exact) mass is 321 g/mol. The molecule has 0 saturated heterocycles. The molecule has 6 heteroatoms. The predicted molar refractivity (Wildman–Crippen MR) is 85.1 cm³/mol. The zero-order valence-electron chi connectivity index (χ0n) is 13.6. The second-order valence-corrected chi connectivity index (χ2v) is 5.70. The number of rotatable bonds is 6. The van der Waals surface area contributed by atoms with Crippen molar-refractivity contribution >= 4 is 11.9 Å². The highest BCUT2D eigenvalue weighted by molar-refractivity contribution is 5.98. The number of amides is 1. The number of aliphatic carboxylic acids is 1. The molecule has 126 valence electrons. The van der Waals surface area contributed by atoms with Crippen LogP contribution in [0, 0.1) is 0 Å². The van der Waals surface area contributed by atoms with Gasteiger partial charge >= 0.3 is 5.97 Å². The van der Waals surface area contributed by atoms with Gasteiger partial charge in [-0.15, -0.1) is 0 Å². The van der Waals surface area contributed by atoms with E-state index >= 15 is 0 Å². The van der Waals surface area contributed by atoms with Gasteiger partial charge in [-0.1, -0.05) is 19.3 Å². The topological polar surface area (TPSA) is 84.9 Å². The number of carbonyl (C=O) groups is 2. The molecule has 1 aliphatic carbocycles. The van der Waals surface area contributed by atoms with Gasteiger partial charge in [0.05, 0.1) is 13.7 Å². The van der Waals surface area contributed by atoms with Gasteiger partial charge in [0.1, 0.15) is 5.54 Å². The molecule has 0 bridgehead atoms. The molecule has 1 saturated carbocycles. The van der Waals surface area contributed by atoms with E-state index in [-0.39, 0.29) is 0 Å². The second kappa shape index (κ2) is 7.35. The summed E-state index contributed by atoms with van der Waals surface area (Å²) in [5.41, 5.74) is -0.804. The average Bonchev–Trinajstić information content (AvgIpc) is 2.55. The maximum Gasteiger partial charge on any atom is 0.329 e. The second-order valence-electron chi connectivity index (χ2n) is 5.70. The van der Waals surface area contributed by atoms with Crippen molar-refractivity contribution in [3.8, 4) is 11.5 Å². The minimum absolute atomic E-state index is 0.362. The molecule has 0 heterocycles. The molecule has 1 aliphatic rings. The summed E-state index contributed by atoms with van der Waals surface area (Å²) in [6.07, 6.45) is 3.53. The zero-order valence-corrected chi connectivity index (χ0v) is 13.6. The van der Waals surface area contributed by atoms with Crippen molar-refractivity contribution < 1.29 is 24.2 Å². The van der Waals surface area contributed by atoms with Crippen LogP contribution in [0.2, 0.25) is 0 Å². The number of hydrogen-bond donors (Lipinski definition) is 2. The number of carboxylic acid groups (broad SMARTS) is 1. The molecule has 0 spiro atoms. The smallest absolute Gasteiger partial charge is 0.329 e. The van der Waals surface area contributed by atoms with Crippen molar-refractivity contribution in [3.05, 3.63) is 23.8 Å². The largest absolute Gasteiger partial charge is 0.493 e. The van der Waals surface area contributed by atoms with Crippen LogP contribution in [0.25, 0.3) is 0 Å². The Morgan fingerprint density at radius 2 is 1.91 bits per heavy atom. The highest BCUT2D eigenvalue weighted by Crippen LogP contribution is 2.31. The van der Waals surface area contributed by atoms with E-state index in [9.17, 15) is 14.7 Å². The number of methoxy groups -OCH3 is 1. The quantitative estimate of drug-likeness (QED) is 0.841. The molecule has 1 aromatic carbocycles. The Hall–Kier alpha value is -2.24. The minimum atomic E-state index is -1.17. The Balaban J connectivity index is 2.22. The summed E-state index contributed by atoms with van der Waals surface area (Å²) in [5.74, 6) is -0.369. The van der Waals surface area contributed by atoms with Gasteiger partial charge in [0.15, 0.2) is 11.5 Å². The maximum absolute atomic E-state index is 12.5. The Kier molecular flexibility index (Phi) is 5.47. The number of ether oxygens (including phenoxy) is 2. The van der Waals surface area contributed by atoms with E-state index < -0.39 is 17.4 Å². The van der Waals surface area contributed by atoms with E-state index in [0.29, 0.717) is 36.5 Å². The van der Waals surface area contributed by atoms with Gasteiger partial charge in [-0.3, -0.25) is 4.79 Å². The molecule has 6 nitrogen and oxygen atoms in total. The maximum atomic E-state index is 12.5. The fourth-order valence-corrected chi connectivity index (χ4v) is 2.92. The van der Waals surface area contributed by atoms with E-state index in [4.69, 9.17) is 9.47 Å². The molecule has 0 unspecified atom stereocenters. The van der Waals surface area contributed by atoms with Crippen LogP contribution in [-0.2, 0) is 4.79 Å². The molecular formula is C17H23NO5. The molecular weight excluding hydrogens is 298 g/mol. The average molecular weight is 321 g/mol. The summed E-state index contributed by atoms with van der Waals surface area (Å²) in [4.78, 5) is 24.2. The first-order chi connectivity index (χ1) is 11.0. The van der Waals surface area contributed by atoms with Gasteiger partial charge in [-0.25, -0.2) is 4.79 Å². The van der Waals surface area contributed by atoms with Gasteiger partial charge < -0.3 is 19.9 Å². The van der Waals surface area contributed by atoms with Crippen LogP contribution in [0.1, 0.15) is 49.4 Å². The third-order valence-electron chi connectivity index (χ3n) is 4.19. The zero-order chi connectivity index (χ0) is 16.9. The van der Waals surface area contributed by atoms with Gasteiger partial charge in [0, 0.05) is 5.56 Å². The molecule has 1 aromatic rings. The third kappa shape index (κ3) is 3.75. The summed E-state index contributed by atoms with van der Waals surface area (Å²) >= 11 is 0. The van der Waals surface area contributed by atoms with Crippen LogP contribution in [0.3, 0.4) is 0 Å². The van der Waals surface area contributed by atoms with Gasteiger partial charge in [0.2, 0.25) is 0 Å². The Bertz CT molecular complexity index is 578. The van der Waals surface area contributed by atoms with Crippen molar-refractivity contribution in [2.45, 2.75) is 44.6 Å². The minimum Gasteiger partial charge on any atom is -0.493 e. The number of benzene rings is 1. The molecule has 0 radical (unpaired) electrons. The first-order valence-electron chi connectivity index (χ1n) is 7.89. The fraction of sp³-hybridized carbons (Fsp3) is 0.529. The molecule has 1 fully saturated rings. The highest BCUT2D eigenvalue weighted by atomic mass is 16.5. The summed E-state index contributed by atoms with van der Waals surface area (Å²) in [6.45, 7) is 2.29. The van der Waals surface area contributed by atoms with Crippen LogP contribution < -0.4 is 14.8 Å². The van der Waals surface area contributed by atoms with E-state index in [0.717, 1.165) is 19.3 Å². The van der Waals surface area contributed by atoms with Crippen molar-refractivity contribution in [1.82, 2.24) is 5.32 Å². The number of hydrogen-bond acceptors (Lipinski definition) is 4. The normalized spacial score (nSPS) is 16.4. The predicted octanol–water partition coefficient (Wildman–Crippen LogP) is 2.61. The molecule has 1 amide bonds. The number of carboxylic acids is 1. The fourth-order valence-electron chi connectivity index (χ4n) is 2.92. The van der Waals surface area contributed by atoms with E-state index in [2.05, 4.69) is 5.32 Å². The Morgan fingerprint density at radius 1 is 1.22 bits per heavy atom. The molecule has 23 heavy (non-hydrogen) atoms. The molecule has 0 aromatic heterocycles. The van der Waals surface area contributed by atoms with Crippen molar-refractivity contribution in [1.29, 1.82) is 0 Å². The van der Waals surface area contributed by atoms with Crippen molar-refractivity contribution in [3.63, 3.8) is 0 Å². The molecule has 2 N–H and O–H groups in total. The van der Waals surface area contributed by atoms with Crippen LogP contribution in [0.4, 0.5) is 0 Å². The Labute approximate surface area is 135 Å².